The number of aromatic nitrogens is 5. The molecular weight excluding hydrogens is 372 g/mol. The molecule has 1 aliphatic carbocycles. The monoisotopic (exact) mass is 392 g/mol. The largest absolute Gasteiger partial charge is 0.360 e. The molecule has 8 heteroatoms. The third-order valence-electron chi connectivity index (χ3n) is 4.99. The number of hydrogen-bond donors (Lipinski definition) is 1. The fourth-order valence-electron chi connectivity index (χ4n) is 3.67. The first-order valence-electron chi connectivity index (χ1n) is 9.53. The van der Waals surface area contributed by atoms with Gasteiger partial charge >= 0.3 is 0 Å². The lowest BCUT2D eigenvalue weighted by atomic mass is 10.1. The molecule has 0 radical (unpaired) electrons. The minimum absolute atomic E-state index is 0.425. The lowest BCUT2D eigenvalue weighted by Gasteiger charge is -2.07. The molecule has 0 unspecified atom stereocenters. The first-order chi connectivity index (χ1) is 13.8. The van der Waals surface area contributed by atoms with E-state index in [0.717, 1.165) is 34.9 Å². The van der Waals surface area contributed by atoms with E-state index < -0.39 is 0 Å². The third kappa shape index (κ3) is 3.24. The highest BCUT2D eigenvalue weighted by molar-refractivity contribution is 7.19. The lowest BCUT2D eigenvalue weighted by Crippen LogP contribution is -2.05. The highest BCUT2D eigenvalue weighted by Gasteiger charge is 2.20. The second kappa shape index (κ2) is 7.27. The summed E-state index contributed by atoms with van der Waals surface area (Å²) in [5.74, 6) is 2.73. The molecule has 4 aromatic heterocycles. The van der Waals surface area contributed by atoms with E-state index in [4.69, 9.17) is 4.52 Å². The van der Waals surface area contributed by atoms with E-state index in [1.807, 2.05) is 30.4 Å². The van der Waals surface area contributed by atoms with Gasteiger partial charge in [0.15, 0.2) is 0 Å². The van der Waals surface area contributed by atoms with Gasteiger partial charge in [-0.1, -0.05) is 11.6 Å². The second-order valence-corrected chi connectivity index (χ2v) is 8.05. The summed E-state index contributed by atoms with van der Waals surface area (Å²) in [5.41, 5.74) is 2.30. The summed E-state index contributed by atoms with van der Waals surface area (Å²) in [6.07, 6.45) is 9.45. The van der Waals surface area contributed by atoms with Gasteiger partial charge in [0.05, 0.1) is 11.9 Å². The fraction of sp³-hybridized carbons (Fsp3) is 0.350. The minimum atomic E-state index is 0.425. The molecule has 0 amide bonds. The molecule has 142 valence electrons. The van der Waals surface area contributed by atoms with Gasteiger partial charge in [-0.2, -0.15) is 4.98 Å². The zero-order valence-electron chi connectivity index (χ0n) is 15.6. The van der Waals surface area contributed by atoms with Crippen LogP contribution in [0, 0.1) is 6.92 Å². The van der Waals surface area contributed by atoms with E-state index in [1.165, 1.54) is 35.1 Å². The van der Waals surface area contributed by atoms with E-state index in [9.17, 15) is 0 Å². The zero-order chi connectivity index (χ0) is 18.9. The quantitative estimate of drug-likeness (QED) is 0.517. The van der Waals surface area contributed by atoms with Crippen LogP contribution in [0.25, 0.3) is 21.6 Å². The minimum Gasteiger partial charge on any atom is -0.360 e. The molecule has 7 nitrogen and oxygen atoms in total. The Hall–Kier alpha value is -2.87. The summed E-state index contributed by atoms with van der Waals surface area (Å²) in [7, 11) is 0. The summed E-state index contributed by atoms with van der Waals surface area (Å²) in [6.45, 7) is 2.36. The van der Waals surface area contributed by atoms with Crippen molar-refractivity contribution in [1.29, 1.82) is 0 Å². The molecule has 0 aliphatic heterocycles. The summed E-state index contributed by atoms with van der Waals surface area (Å²) in [5, 5.41) is 8.65. The average Bonchev–Trinajstić information content (AvgIpc) is 3.25. The molecule has 0 atom stereocenters. The third-order valence-corrected chi connectivity index (χ3v) is 6.18. The van der Waals surface area contributed by atoms with Crippen LogP contribution in [0.5, 0.6) is 0 Å². The number of thiophene rings is 1. The highest BCUT2D eigenvalue weighted by atomic mass is 32.1. The van der Waals surface area contributed by atoms with Gasteiger partial charge in [0.25, 0.3) is 0 Å². The Kier molecular flexibility index (Phi) is 4.48. The molecule has 5 rings (SSSR count). The van der Waals surface area contributed by atoms with Crippen molar-refractivity contribution in [2.45, 2.75) is 45.6 Å². The molecule has 0 spiro atoms. The summed E-state index contributed by atoms with van der Waals surface area (Å²) in [4.78, 5) is 20.4. The molecule has 0 saturated heterocycles. The molecule has 28 heavy (non-hydrogen) atoms. The summed E-state index contributed by atoms with van der Waals surface area (Å²) in [6, 6.07) is 3.72. The molecular formula is C20H20N6OS. The van der Waals surface area contributed by atoms with Gasteiger partial charge in [-0.05, 0) is 50.3 Å². The number of pyridine rings is 1. The van der Waals surface area contributed by atoms with Gasteiger partial charge in [-0.3, -0.25) is 4.98 Å². The topological polar surface area (TPSA) is 89.6 Å². The maximum absolute atomic E-state index is 5.41. The number of anilines is 1. The predicted molar refractivity (Wildman–Crippen MR) is 108 cm³/mol. The van der Waals surface area contributed by atoms with Crippen molar-refractivity contribution in [2.24, 2.45) is 0 Å². The average molecular weight is 392 g/mol. The van der Waals surface area contributed by atoms with Crippen LogP contribution in [0.1, 0.15) is 41.4 Å². The first kappa shape index (κ1) is 17.2. The Bertz CT molecular complexity index is 1120. The standard InChI is InChI=1S/C20H20N6OS/c1-12-23-19(17-14-5-3-2-4-6-15(14)28-20(17)24-12)22-11-16-25-18(26-27-16)13-7-9-21-10-8-13/h7-10H,2-6,11H2,1H3,(H,22,23,24). The van der Waals surface area contributed by atoms with E-state index in [-0.39, 0.29) is 0 Å². The van der Waals surface area contributed by atoms with E-state index >= 15 is 0 Å². The van der Waals surface area contributed by atoms with Crippen molar-refractivity contribution < 1.29 is 4.52 Å². The summed E-state index contributed by atoms with van der Waals surface area (Å²) < 4.78 is 5.41. The van der Waals surface area contributed by atoms with Crippen LogP contribution in [-0.2, 0) is 19.4 Å². The number of nitrogens with zero attached hydrogens (tertiary/aromatic N) is 5. The Balaban J connectivity index is 1.44. The highest BCUT2D eigenvalue weighted by Crippen LogP contribution is 2.38. The second-order valence-electron chi connectivity index (χ2n) is 6.97. The Morgan fingerprint density at radius 2 is 1.93 bits per heavy atom. The molecule has 0 bridgehead atoms. The molecule has 0 saturated carbocycles. The van der Waals surface area contributed by atoms with Crippen molar-refractivity contribution in [3.63, 3.8) is 0 Å². The van der Waals surface area contributed by atoms with Crippen molar-refractivity contribution in [3.8, 4) is 11.4 Å². The van der Waals surface area contributed by atoms with Crippen molar-refractivity contribution in [1.82, 2.24) is 25.1 Å². The molecule has 4 aromatic rings. The Morgan fingerprint density at radius 3 is 2.82 bits per heavy atom. The van der Waals surface area contributed by atoms with E-state index in [0.29, 0.717) is 18.3 Å². The van der Waals surface area contributed by atoms with Gasteiger partial charge in [-0.25, -0.2) is 9.97 Å². The SMILES string of the molecule is Cc1nc(NCc2nc(-c3ccncc3)no2)c2c3c(sc2n1)CCCCC3. The van der Waals surface area contributed by atoms with Crippen LogP contribution in [-0.4, -0.2) is 25.1 Å². The first-order valence-corrected chi connectivity index (χ1v) is 10.4. The zero-order valence-corrected chi connectivity index (χ0v) is 16.4. The smallest absolute Gasteiger partial charge is 0.246 e. The van der Waals surface area contributed by atoms with Crippen LogP contribution >= 0.6 is 11.3 Å². The van der Waals surface area contributed by atoms with Gasteiger partial charge in [-0.15, -0.1) is 11.3 Å². The molecule has 0 fully saturated rings. The van der Waals surface area contributed by atoms with Crippen LogP contribution in [0.3, 0.4) is 0 Å². The number of aryl methyl sites for hydroxylation is 3. The van der Waals surface area contributed by atoms with Crippen molar-refractivity contribution in [2.75, 3.05) is 5.32 Å². The van der Waals surface area contributed by atoms with Crippen molar-refractivity contribution in [3.05, 3.63) is 46.7 Å². The maximum Gasteiger partial charge on any atom is 0.246 e. The van der Waals surface area contributed by atoms with Crippen LogP contribution in [0.4, 0.5) is 5.82 Å². The van der Waals surface area contributed by atoms with Gasteiger partial charge in [0.1, 0.15) is 16.5 Å². The van der Waals surface area contributed by atoms with E-state index in [2.05, 4.69) is 30.4 Å². The Labute approximate surface area is 166 Å². The molecule has 1 aliphatic rings. The fourth-order valence-corrected chi connectivity index (χ4v) is 4.98. The molecule has 1 N–H and O–H groups in total. The van der Waals surface area contributed by atoms with Crippen LogP contribution in [0.2, 0.25) is 0 Å². The predicted octanol–water partition coefficient (Wildman–Crippen LogP) is 4.33. The van der Waals surface area contributed by atoms with Crippen molar-refractivity contribution >= 4 is 27.4 Å². The van der Waals surface area contributed by atoms with Gasteiger partial charge < -0.3 is 9.84 Å². The Morgan fingerprint density at radius 1 is 1.07 bits per heavy atom. The van der Waals surface area contributed by atoms with Crippen LogP contribution < -0.4 is 5.32 Å². The number of fused-ring (bicyclic) bond motifs is 3. The summed E-state index contributed by atoms with van der Waals surface area (Å²) >= 11 is 1.82. The van der Waals surface area contributed by atoms with Crippen LogP contribution in [0.15, 0.2) is 29.0 Å². The number of hydrogen-bond acceptors (Lipinski definition) is 8. The molecule has 0 aromatic carbocycles. The normalized spacial score (nSPS) is 14.0. The lowest BCUT2D eigenvalue weighted by molar-refractivity contribution is 0.384. The maximum atomic E-state index is 5.41. The van der Waals surface area contributed by atoms with Gasteiger partial charge in [0, 0.05) is 22.8 Å². The van der Waals surface area contributed by atoms with Gasteiger partial charge in [0.2, 0.25) is 11.7 Å². The van der Waals surface area contributed by atoms with E-state index in [1.54, 1.807) is 12.4 Å². The number of rotatable bonds is 4. The molecule has 4 heterocycles. The number of nitrogens with one attached hydrogen (secondary N) is 1.